The number of nitrogens with zero attached hydrogens (tertiary/aromatic N) is 1. The Hall–Kier alpha value is -1.56. The Morgan fingerprint density at radius 3 is 2.60 bits per heavy atom. The Morgan fingerprint density at radius 1 is 1.40 bits per heavy atom. The fraction of sp³-hybridized carbons (Fsp3) is 0.417. The van der Waals surface area contributed by atoms with Crippen molar-refractivity contribution in [2.24, 2.45) is 0 Å². The van der Waals surface area contributed by atoms with Gasteiger partial charge in [-0.25, -0.2) is 4.39 Å². The molecule has 0 aliphatic rings. The normalized spacial score (nSPS) is 10.1. The molecule has 80 valence electrons. The summed E-state index contributed by atoms with van der Waals surface area (Å²) < 4.78 is 18.8. The second kappa shape index (κ2) is 5.35. The molecule has 0 radical (unpaired) electrons. The molecule has 2 nitrogen and oxygen atoms in total. The lowest BCUT2D eigenvalue weighted by atomic mass is 10.2. The lowest BCUT2D eigenvalue weighted by Crippen LogP contribution is -2.14. The van der Waals surface area contributed by atoms with Crippen LogP contribution in [0.4, 0.5) is 4.39 Å². The molecule has 0 fully saturated rings. The Bertz CT molecular complexity index is 366. The third kappa shape index (κ3) is 2.69. The van der Waals surface area contributed by atoms with Crippen LogP contribution in [-0.2, 0) is 0 Å². The highest BCUT2D eigenvalue weighted by atomic mass is 19.1. The molecule has 0 aromatic heterocycles. The highest BCUT2D eigenvalue weighted by Crippen LogP contribution is 2.22. The first-order valence-corrected chi connectivity index (χ1v) is 5.08. The van der Waals surface area contributed by atoms with Crippen LogP contribution in [0.25, 0.3) is 0 Å². The summed E-state index contributed by atoms with van der Waals surface area (Å²) in [5, 5.41) is 8.79. The number of nitriles is 1. The Balaban J connectivity index is 2.95. The zero-order valence-electron chi connectivity index (χ0n) is 8.96. The van der Waals surface area contributed by atoms with E-state index in [0.29, 0.717) is 5.75 Å². The van der Waals surface area contributed by atoms with Crippen molar-refractivity contribution < 1.29 is 9.13 Å². The molecule has 0 aliphatic carbocycles. The van der Waals surface area contributed by atoms with E-state index in [1.807, 2.05) is 19.9 Å². The van der Waals surface area contributed by atoms with Crippen molar-refractivity contribution in [1.82, 2.24) is 0 Å². The second-order valence-corrected chi connectivity index (χ2v) is 3.28. The molecule has 15 heavy (non-hydrogen) atoms. The van der Waals surface area contributed by atoms with Crippen LogP contribution < -0.4 is 4.74 Å². The molecule has 0 saturated carbocycles. The van der Waals surface area contributed by atoms with Crippen LogP contribution in [0, 0.1) is 17.1 Å². The minimum Gasteiger partial charge on any atom is -0.489 e. The highest BCUT2D eigenvalue weighted by molar-refractivity contribution is 5.43. The lowest BCUT2D eigenvalue weighted by Gasteiger charge is -2.16. The van der Waals surface area contributed by atoms with E-state index in [1.54, 1.807) is 12.1 Å². The van der Waals surface area contributed by atoms with E-state index in [0.717, 1.165) is 12.8 Å². The van der Waals surface area contributed by atoms with Gasteiger partial charge >= 0.3 is 0 Å². The van der Waals surface area contributed by atoms with Gasteiger partial charge in [0, 0.05) is 0 Å². The summed E-state index contributed by atoms with van der Waals surface area (Å²) in [5.41, 5.74) is -0.00981. The Morgan fingerprint density at radius 2 is 2.07 bits per heavy atom. The molecular formula is C12H14FNO. The van der Waals surface area contributed by atoms with Crippen LogP contribution in [0.1, 0.15) is 32.3 Å². The van der Waals surface area contributed by atoms with E-state index >= 15 is 0 Å². The summed E-state index contributed by atoms with van der Waals surface area (Å²) in [5.74, 6) is -0.188. The van der Waals surface area contributed by atoms with E-state index in [4.69, 9.17) is 10.00 Å². The van der Waals surface area contributed by atoms with Crippen LogP contribution >= 0.6 is 0 Å². The maximum Gasteiger partial charge on any atom is 0.144 e. The molecule has 0 amide bonds. The van der Waals surface area contributed by atoms with Gasteiger partial charge in [-0.05, 0) is 25.0 Å². The minimum atomic E-state index is -0.527. The zero-order chi connectivity index (χ0) is 11.3. The Labute approximate surface area is 89.3 Å². The van der Waals surface area contributed by atoms with Crippen molar-refractivity contribution in [3.63, 3.8) is 0 Å². The topological polar surface area (TPSA) is 33.0 Å². The zero-order valence-corrected chi connectivity index (χ0v) is 8.96. The molecule has 0 unspecified atom stereocenters. The van der Waals surface area contributed by atoms with Crippen LogP contribution in [-0.4, -0.2) is 6.10 Å². The number of hydrogen-bond donors (Lipinski definition) is 0. The summed E-state index contributed by atoms with van der Waals surface area (Å²) in [6.45, 7) is 4.00. The van der Waals surface area contributed by atoms with Crippen LogP contribution in [0.5, 0.6) is 5.75 Å². The predicted octanol–water partition coefficient (Wildman–Crippen LogP) is 3.26. The molecule has 0 spiro atoms. The van der Waals surface area contributed by atoms with Gasteiger partial charge in [0.1, 0.15) is 23.2 Å². The van der Waals surface area contributed by atoms with Gasteiger partial charge in [0.25, 0.3) is 0 Å². The molecule has 0 saturated heterocycles. The quantitative estimate of drug-likeness (QED) is 0.759. The molecule has 0 heterocycles. The van der Waals surface area contributed by atoms with E-state index in [2.05, 4.69) is 0 Å². The fourth-order valence-corrected chi connectivity index (χ4v) is 1.35. The van der Waals surface area contributed by atoms with Gasteiger partial charge in [-0.3, -0.25) is 0 Å². The number of ether oxygens (including phenoxy) is 1. The van der Waals surface area contributed by atoms with Gasteiger partial charge in [-0.2, -0.15) is 5.26 Å². The first kappa shape index (κ1) is 11.5. The average molecular weight is 207 g/mol. The molecule has 0 atom stereocenters. The number of halogens is 1. The van der Waals surface area contributed by atoms with Gasteiger partial charge in [-0.15, -0.1) is 0 Å². The summed E-state index contributed by atoms with van der Waals surface area (Å²) in [7, 11) is 0. The van der Waals surface area contributed by atoms with E-state index in [-0.39, 0.29) is 11.7 Å². The van der Waals surface area contributed by atoms with Crippen LogP contribution in [0.15, 0.2) is 18.2 Å². The monoisotopic (exact) mass is 207 g/mol. The van der Waals surface area contributed by atoms with Gasteiger partial charge in [-0.1, -0.05) is 19.9 Å². The largest absolute Gasteiger partial charge is 0.489 e. The second-order valence-electron chi connectivity index (χ2n) is 3.28. The van der Waals surface area contributed by atoms with E-state index in [1.165, 1.54) is 6.07 Å². The predicted molar refractivity (Wildman–Crippen MR) is 56.1 cm³/mol. The first-order valence-electron chi connectivity index (χ1n) is 5.08. The molecule has 3 heteroatoms. The van der Waals surface area contributed by atoms with Gasteiger partial charge in [0.2, 0.25) is 0 Å². The number of rotatable bonds is 4. The summed E-state index contributed by atoms with van der Waals surface area (Å²) in [6.07, 6.45) is 1.73. The lowest BCUT2D eigenvalue weighted by molar-refractivity contribution is 0.191. The maximum atomic E-state index is 13.2. The van der Waals surface area contributed by atoms with Crippen LogP contribution in [0.2, 0.25) is 0 Å². The van der Waals surface area contributed by atoms with Crippen molar-refractivity contribution in [2.75, 3.05) is 0 Å². The van der Waals surface area contributed by atoms with Gasteiger partial charge in [0.15, 0.2) is 0 Å². The summed E-state index contributed by atoms with van der Waals surface area (Å²) in [4.78, 5) is 0. The Kier molecular flexibility index (Phi) is 4.11. The average Bonchev–Trinajstić information content (AvgIpc) is 2.26. The van der Waals surface area contributed by atoms with Crippen molar-refractivity contribution in [2.45, 2.75) is 32.8 Å². The molecule has 0 N–H and O–H groups in total. The number of benzene rings is 1. The smallest absolute Gasteiger partial charge is 0.144 e. The first-order chi connectivity index (χ1) is 7.22. The van der Waals surface area contributed by atoms with E-state index in [9.17, 15) is 4.39 Å². The molecule has 1 aromatic rings. The fourth-order valence-electron chi connectivity index (χ4n) is 1.35. The van der Waals surface area contributed by atoms with Crippen molar-refractivity contribution >= 4 is 0 Å². The van der Waals surface area contributed by atoms with Crippen molar-refractivity contribution in [3.8, 4) is 11.8 Å². The van der Waals surface area contributed by atoms with Crippen molar-refractivity contribution in [3.05, 3.63) is 29.6 Å². The maximum absolute atomic E-state index is 13.2. The molecule has 0 bridgehead atoms. The van der Waals surface area contributed by atoms with E-state index < -0.39 is 5.82 Å². The summed E-state index contributed by atoms with van der Waals surface area (Å²) in [6, 6.07) is 6.25. The standard InChI is InChI=1S/C12H14FNO/c1-3-9(4-2)15-12-7-5-6-11(13)10(12)8-14/h5-7,9H,3-4H2,1-2H3. The van der Waals surface area contributed by atoms with Gasteiger partial charge in [0.05, 0.1) is 6.10 Å². The van der Waals surface area contributed by atoms with Gasteiger partial charge < -0.3 is 4.74 Å². The molecule has 1 rings (SSSR count). The third-order valence-corrected chi connectivity index (χ3v) is 2.29. The molecule has 0 aliphatic heterocycles. The molecular weight excluding hydrogens is 193 g/mol. The minimum absolute atomic E-state index is 0.00981. The molecule has 1 aromatic carbocycles. The SMILES string of the molecule is CCC(CC)Oc1cccc(F)c1C#N. The number of hydrogen-bond acceptors (Lipinski definition) is 2. The summed E-state index contributed by atoms with van der Waals surface area (Å²) >= 11 is 0. The third-order valence-electron chi connectivity index (χ3n) is 2.29. The van der Waals surface area contributed by atoms with Crippen molar-refractivity contribution in [1.29, 1.82) is 5.26 Å². The van der Waals surface area contributed by atoms with Crippen LogP contribution in [0.3, 0.4) is 0 Å². The highest BCUT2D eigenvalue weighted by Gasteiger charge is 2.12.